The molecule has 1 fully saturated rings. The van der Waals surface area contributed by atoms with Gasteiger partial charge in [0.1, 0.15) is 28.8 Å². The highest BCUT2D eigenvalue weighted by molar-refractivity contribution is 5.78. The quantitative estimate of drug-likeness (QED) is 0.495. The Labute approximate surface area is 185 Å². The molecule has 32 heavy (non-hydrogen) atoms. The third kappa shape index (κ3) is 3.95. The summed E-state index contributed by atoms with van der Waals surface area (Å²) in [6.07, 6.45) is 2.29. The molecule has 4 aromatic rings. The summed E-state index contributed by atoms with van der Waals surface area (Å²) in [5, 5.41) is 18.3. The van der Waals surface area contributed by atoms with Crippen molar-refractivity contribution >= 4 is 28.3 Å². The molecule has 0 atom stereocenters. The monoisotopic (exact) mass is 435 g/mol. The molecule has 5 rings (SSSR count). The van der Waals surface area contributed by atoms with Crippen molar-refractivity contribution in [1.82, 2.24) is 24.6 Å². The molecule has 4 heterocycles. The smallest absolute Gasteiger partial charge is 0.160 e. The second kappa shape index (κ2) is 7.67. The van der Waals surface area contributed by atoms with Crippen LogP contribution in [0.15, 0.2) is 30.3 Å². The molecule has 0 spiro atoms. The Bertz CT molecular complexity index is 1310. The van der Waals surface area contributed by atoms with Crippen LogP contribution in [0.1, 0.15) is 32.4 Å². The van der Waals surface area contributed by atoms with Gasteiger partial charge >= 0.3 is 0 Å². The zero-order chi connectivity index (χ0) is 22.5. The number of aliphatic hydroxyl groups is 1. The molecule has 8 nitrogen and oxygen atoms in total. The Hall–Kier alpha value is -3.33. The fourth-order valence-electron chi connectivity index (χ4n) is 3.98. The van der Waals surface area contributed by atoms with Crippen molar-refractivity contribution < 1.29 is 9.50 Å². The molecule has 0 radical (unpaired) electrons. The number of nitrogens with one attached hydrogen (secondary N) is 1. The lowest BCUT2D eigenvalue weighted by atomic mass is 10.1. The first kappa shape index (κ1) is 20.6. The van der Waals surface area contributed by atoms with E-state index in [0.717, 1.165) is 37.6 Å². The standard InChI is InChI=1S/C23H26FN7O/c1-14-22(27-17-10-15(24)6-7-16(17)26-14)18-11-21-28-20(30-8-4-5-9-30)12-19(31(21)29-18)25-13-23(2,3)32/h6-7,10-12,25,32H,4-5,8-9,13H2,1-3H3. The van der Waals surface area contributed by atoms with Gasteiger partial charge in [-0.1, -0.05) is 0 Å². The van der Waals surface area contributed by atoms with E-state index in [1.165, 1.54) is 12.1 Å². The normalized spacial score (nSPS) is 14.6. The van der Waals surface area contributed by atoms with Crippen LogP contribution in [0.3, 0.4) is 0 Å². The SMILES string of the molecule is Cc1nc2ccc(F)cc2nc1-c1cc2nc(N3CCCC3)cc(NCC(C)(C)O)n2n1. The van der Waals surface area contributed by atoms with Crippen LogP contribution in [0, 0.1) is 12.7 Å². The van der Waals surface area contributed by atoms with E-state index in [2.05, 4.69) is 20.2 Å². The van der Waals surface area contributed by atoms with Gasteiger partial charge in [0, 0.05) is 37.8 Å². The van der Waals surface area contributed by atoms with Gasteiger partial charge in [0.05, 0.1) is 22.3 Å². The van der Waals surface area contributed by atoms with Gasteiger partial charge in [-0.15, -0.1) is 0 Å². The molecule has 0 bridgehead atoms. The fraction of sp³-hybridized carbons (Fsp3) is 0.391. The summed E-state index contributed by atoms with van der Waals surface area (Å²) < 4.78 is 15.5. The van der Waals surface area contributed by atoms with Crippen LogP contribution in [-0.4, -0.2) is 54.9 Å². The number of aromatic nitrogens is 5. The third-order valence-electron chi connectivity index (χ3n) is 5.59. The number of hydrogen-bond acceptors (Lipinski definition) is 7. The summed E-state index contributed by atoms with van der Waals surface area (Å²) >= 11 is 0. The minimum atomic E-state index is -0.885. The summed E-state index contributed by atoms with van der Waals surface area (Å²) in [5.74, 6) is 1.26. The first-order valence-electron chi connectivity index (χ1n) is 10.8. The molecule has 9 heteroatoms. The number of fused-ring (bicyclic) bond motifs is 2. The summed E-state index contributed by atoms with van der Waals surface area (Å²) in [5.41, 5.74) is 2.81. The minimum absolute atomic E-state index is 0.355. The van der Waals surface area contributed by atoms with E-state index in [1.807, 2.05) is 19.1 Å². The van der Waals surface area contributed by atoms with Crippen LogP contribution in [0.5, 0.6) is 0 Å². The average molecular weight is 436 g/mol. The van der Waals surface area contributed by atoms with Gasteiger partial charge in [0.2, 0.25) is 0 Å². The Morgan fingerprint density at radius 2 is 1.84 bits per heavy atom. The van der Waals surface area contributed by atoms with Gasteiger partial charge in [-0.3, -0.25) is 0 Å². The number of halogens is 1. The van der Waals surface area contributed by atoms with Crippen LogP contribution >= 0.6 is 0 Å². The fourth-order valence-corrected chi connectivity index (χ4v) is 3.98. The zero-order valence-corrected chi connectivity index (χ0v) is 18.4. The highest BCUT2D eigenvalue weighted by atomic mass is 19.1. The molecule has 1 aliphatic rings. The Morgan fingerprint density at radius 3 is 2.59 bits per heavy atom. The van der Waals surface area contributed by atoms with E-state index in [1.54, 1.807) is 24.4 Å². The lowest BCUT2D eigenvalue weighted by Gasteiger charge is -2.21. The summed E-state index contributed by atoms with van der Waals surface area (Å²) in [7, 11) is 0. The highest BCUT2D eigenvalue weighted by Gasteiger charge is 2.20. The number of rotatable bonds is 5. The van der Waals surface area contributed by atoms with Crippen molar-refractivity contribution in [3.8, 4) is 11.4 Å². The van der Waals surface area contributed by atoms with E-state index in [0.29, 0.717) is 40.3 Å². The van der Waals surface area contributed by atoms with Crippen LogP contribution in [0.4, 0.5) is 16.0 Å². The Kier molecular flexibility index (Phi) is 4.93. The second-order valence-corrected chi connectivity index (χ2v) is 8.95. The summed E-state index contributed by atoms with van der Waals surface area (Å²) in [6.45, 7) is 7.66. The van der Waals surface area contributed by atoms with Crippen LogP contribution in [0.2, 0.25) is 0 Å². The predicted molar refractivity (Wildman–Crippen MR) is 122 cm³/mol. The van der Waals surface area contributed by atoms with E-state index >= 15 is 0 Å². The number of benzene rings is 1. The molecule has 1 aromatic carbocycles. The maximum absolute atomic E-state index is 13.7. The lowest BCUT2D eigenvalue weighted by molar-refractivity contribution is 0.0944. The van der Waals surface area contributed by atoms with Gasteiger partial charge in [0.25, 0.3) is 0 Å². The molecule has 0 saturated carbocycles. The van der Waals surface area contributed by atoms with E-state index < -0.39 is 5.60 Å². The third-order valence-corrected chi connectivity index (χ3v) is 5.59. The maximum Gasteiger partial charge on any atom is 0.160 e. The molecule has 0 amide bonds. The number of aryl methyl sites for hydroxylation is 1. The van der Waals surface area contributed by atoms with Gasteiger partial charge in [0.15, 0.2) is 5.65 Å². The topological polar surface area (TPSA) is 91.5 Å². The molecule has 166 valence electrons. The second-order valence-electron chi connectivity index (χ2n) is 8.95. The molecule has 3 aromatic heterocycles. The molecule has 0 aliphatic carbocycles. The molecule has 1 aliphatic heterocycles. The molecule has 2 N–H and O–H groups in total. The van der Waals surface area contributed by atoms with E-state index in [9.17, 15) is 9.50 Å². The van der Waals surface area contributed by atoms with Crippen LogP contribution < -0.4 is 10.2 Å². The van der Waals surface area contributed by atoms with Crippen LogP contribution in [-0.2, 0) is 0 Å². The van der Waals surface area contributed by atoms with Crippen molar-refractivity contribution in [2.75, 3.05) is 29.9 Å². The van der Waals surface area contributed by atoms with E-state index in [4.69, 9.17) is 10.1 Å². The number of hydrogen-bond donors (Lipinski definition) is 2. The summed E-state index contributed by atoms with van der Waals surface area (Å²) in [4.78, 5) is 16.3. The average Bonchev–Trinajstić information content (AvgIpc) is 3.41. The van der Waals surface area contributed by atoms with Gasteiger partial charge in [-0.25, -0.2) is 19.3 Å². The van der Waals surface area contributed by atoms with E-state index in [-0.39, 0.29) is 5.82 Å². The largest absolute Gasteiger partial charge is 0.389 e. The first-order chi connectivity index (χ1) is 15.3. The maximum atomic E-state index is 13.7. The molecule has 0 unspecified atom stereocenters. The van der Waals surface area contributed by atoms with Gasteiger partial charge in [-0.05, 0) is 45.7 Å². The molecule has 1 saturated heterocycles. The van der Waals surface area contributed by atoms with Gasteiger partial charge < -0.3 is 15.3 Å². The molecular formula is C23H26FN7O. The minimum Gasteiger partial charge on any atom is -0.389 e. The van der Waals surface area contributed by atoms with Gasteiger partial charge in [-0.2, -0.15) is 9.61 Å². The van der Waals surface area contributed by atoms with Crippen molar-refractivity contribution in [3.05, 3.63) is 41.8 Å². The van der Waals surface area contributed by atoms with Crippen molar-refractivity contribution in [2.45, 2.75) is 39.2 Å². The van der Waals surface area contributed by atoms with Crippen molar-refractivity contribution in [1.29, 1.82) is 0 Å². The Balaban J connectivity index is 1.63. The van der Waals surface area contributed by atoms with Crippen molar-refractivity contribution in [2.24, 2.45) is 0 Å². The zero-order valence-electron chi connectivity index (χ0n) is 18.4. The number of nitrogens with zero attached hydrogens (tertiary/aromatic N) is 6. The lowest BCUT2D eigenvalue weighted by Crippen LogP contribution is -2.30. The highest BCUT2D eigenvalue weighted by Crippen LogP contribution is 2.28. The van der Waals surface area contributed by atoms with Crippen LogP contribution in [0.25, 0.3) is 28.1 Å². The Morgan fingerprint density at radius 1 is 1.06 bits per heavy atom. The number of anilines is 2. The predicted octanol–water partition coefficient (Wildman–Crippen LogP) is 3.57. The van der Waals surface area contributed by atoms with Crippen molar-refractivity contribution in [3.63, 3.8) is 0 Å². The summed E-state index contributed by atoms with van der Waals surface area (Å²) in [6, 6.07) is 8.22. The molecular weight excluding hydrogens is 409 g/mol. The first-order valence-corrected chi connectivity index (χ1v) is 10.8.